The summed E-state index contributed by atoms with van der Waals surface area (Å²) in [7, 11) is 2.04. The molecule has 27 heavy (non-hydrogen) atoms. The third-order valence-corrected chi connectivity index (χ3v) is 4.81. The Balaban J connectivity index is 1.51. The van der Waals surface area contributed by atoms with Crippen LogP contribution < -0.4 is 0 Å². The van der Waals surface area contributed by atoms with E-state index < -0.39 is 12.1 Å². The van der Waals surface area contributed by atoms with Gasteiger partial charge in [-0.3, -0.25) is 14.5 Å². The molecule has 3 rings (SSSR count). The van der Waals surface area contributed by atoms with Gasteiger partial charge in [-0.25, -0.2) is 4.79 Å². The van der Waals surface area contributed by atoms with Gasteiger partial charge in [-0.15, -0.1) is 0 Å². The van der Waals surface area contributed by atoms with Gasteiger partial charge in [-0.05, 0) is 24.2 Å². The van der Waals surface area contributed by atoms with Crippen LogP contribution in [0.3, 0.4) is 0 Å². The van der Waals surface area contributed by atoms with Crippen LogP contribution in [-0.2, 0) is 27.4 Å². The molecule has 2 heterocycles. The molecule has 0 unspecified atom stereocenters. The first-order valence-corrected chi connectivity index (χ1v) is 9.09. The second kappa shape index (κ2) is 8.39. The first kappa shape index (κ1) is 19.2. The van der Waals surface area contributed by atoms with E-state index >= 15 is 0 Å². The summed E-state index contributed by atoms with van der Waals surface area (Å²) >= 11 is 0. The third kappa shape index (κ3) is 4.57. The predicted octanol–water partition coefficient (Wildman–Crippen LogP) is 1.09. The Hall–Kier alpha value is -2.61. The molecule has 8 nitrogen and oxygen atoms in total. The number of benzene rings is 1. The number of hydrogen-bond donors (Lipinski definition) is 0. The molecule has 0 aliphatic carbocycles. The highest BCUT2D eigenvalue weighted by Gasteiger charge is 2.28. The molecule has 8 heteroatoms. The minimum Gasteiger partial charge on any atom is -0.462 e. The summed E-state index contributed by atoms with van der Waals surface area (Å²) in [6, 6.07) is 5.89. The molecule has 0 radical (unpaired) electrons. The van der Waals surface area contributed by atoms with Crippen LogP contribution in [0, 0.1) is 0 Å². The van der Waals surface area contributed by atoms with Gasteiger partial charge in [0, 0.05) is 51.8 Å². The fraction of sp³-hybridized carbons (Fsp3) is 0.526. The van der Waals surface area contributed by atoms with E-state index in [0.29, 0.717) is 26.2 Å². The second-order valence-electron chi connectivity index (χ2n) is 6.85. The number of carbonyl (C=O) groups is 3. The van der Waals surface area contributed by atoms with E-state index in [1.165, 1.54) is 12.5 Å². The third-order valence-electron chi connectivity index (χ3n) is 4.81. The largest absolute Gasteiger partial charge is 0.462 e. The van der Waals surface area contributed by atoms with Gasteiger partial charge in [0.25, 0.3) is 5.91 Å². The monoisotopic (exact) mass is 375 g/mol. The fourth-order valence-electron chi connectivity index (χ4n) is 3.45. The van der Waals surface area contributed by atoms with E-state index in [0.717, 1.165) is 24.2 Å². The Morgan fingerprint density at radius 3 is 2.33 bits per heavy atom. The zero-order valence-corrected chi connectivity index (χ0v) is 15.8. The van der Waals surface area contributed by atoms with Crippen LogP contribution in [0.4, 0.5) is 4.79 Å². The molecule has 1 aromatic carbocycles. The van der Waals surface area contributed by atoms with Crippen molar-refractivity contribution >= 4 is 18.0 Å². The van der Waals surface area contributed by atoms with Gasteiger partial charge in [0.1, 0.15) is 13.2 Å². The van der Waals surface area contributed by atoms with Gasteiger partial charge in [-0.2, -0.15) is 0 Å². The molecule has 146 valence electrons. The number of hydrogen-bond acceptors (Lipinski definition) is 6. The molecule has 0 saturated carbocycles. The van der Waals surface area contributed by atoms with Crippen LogP contribution >= 0.6 is 0 Å². The molecule has 2 aliphatic heterocycles. The lowest BCUT2D eigenvalue weighted by Gasteiger charge is -2.34. The second-order valence-corrected chi connectivity index (χ2v) is 6.85. The highest BCUT2D eigenvalue weighted by molar-refractivity contribution is 5.96. The molecule has 2 aliphatic rings. The standard InChI is InChI=1S/C19H25N3O5/c1-14(23)26-10-11-27-19(25)22-8-6-21(7-9-22)18(24)16-5-3-4-15-12-20(2)13-17(15)16/h3-5H,6-13H2,1-2H3. The maximum Gasteiger partial charge on any atom is 0.410 e. The summed E-state index contributed by atoms with van der Waals surface area (Å²) in [6.45, 7) is 4.82. The maximum absolute atomic E-state index is 12.9. The van der Waals surface area contributed by atoms with E-state index in [2.05, 4.69) is 11.0 Å². The number of carbonyl (C=O) groups excluding carboxylic acids is 3. The molecule has 0 atom stereocenters. The summed E-state index contributed by atoms with van der Waals surface area (Å²) in [6.07, 6.45) is -0.448. The molecular formula is C19H25N3O5. The molecular weight excluding hydrogens is 350 g/mol. The van der Waals surface area contributed by atoms with Crippen molar-refractivity contribution < 1.29 is 23.9 Å². The molecule has 0 spiro atoms. The van der Waals surface area contributed by atoms with Crippen LogP contribution in [0.2, 0.25) is 0 Å². The minimum atomic E-state index is -0.448. The first-order chi connectivity index (χ1) is 13.0. The first-order valence-electron chi connectivity index (χ1n) is 9.09. The number of amides is 2. The summed E-state index contributed by atoms with van der Waals surface area (Å²) in [5.41, 5.74) is 3.07. The normalized spacial score (nSPS) is 16.8. The van der Waals surface area contributed by atoms with Gasteiger partial charge in [0.2, 0.25) is 0 Å². The molecule has 1 fully saturated rings. The van der Waals surface area contributed by atoms with E-state index in [1.807, 2.05) is 19.2 Å². The number of esters is 1. The van der Waals surface area contributed by atoms with Crippen molar-refractivity contribution in [1.29, 1.82) is 0 Å². The van der Waals surface area contributed by atoms with Crippen LogP contribution in [0.5, 0.6) is 0 Å². The SMILES string of the molecule is CC(=O)OCCOC(=O)N1CCN(C(=O)c2cccc3c2CN(C)C3)CC1. The quantitative estimate of drug-likeness (QED) is 0.579. The van der Waals surface area contributed by atoms with Crippen LogP contribution in [-0.4, -0.2) is 79.1 Å². The Labute approximate surface area is 158 Å². The van der Waals surface area contributed by atoms with Crippen molar-refractivity contribution in [2.24, 2.45) is 0 Å². The Morgan fingerprint density at radius 1 is 0.963 bits per heavy atom. The van der Waals surface area contributed by atoms with Gasteiger partial charge < -0.3 is 19.3 Å². The number of nitrogens with zero attached hydrogens (tertiary/aromatic N) is 3. The lowest BCUT2D eigenvalue weighted by Crippen LogP contribution is -2.51. The number of rotatable bonds is 4. The number of piperazine rings is 1. The summed E-state index contributed by atoms with van der Waals surface area (Å²) in [4.78, 5) is 41.2. The summed E-state index contributed by atoms with van der Waals surface area (Å²) < 4.78 is 9.82. The van der Waals surface area contributed by atoms with Gasteiger partial charge in [-0.1, -0.05) is 12.1 Å². The zero-order chi connectivity index (χ0) is 19.4. The summed E-state index contributed by atoms with van der Waals surface area (Å²) in [5, 5.41) is 0. The Morgan fingerprint density at radius 2 is 1.63 bits per heavy atom. The number of fused-ring (bicyclic) bond motifs is 1. The van der Waals surface area contributed by atoms with Crippen molar-refractivity contribution in [1.82, 2.24) is 14.7 Å². The number of ether oxygens (including phenoxy) is 2. The highest BCUT2D eigenvalue weighted by Crippen LogP contribution is 2.26. The highest BCUT2D eigenvalue weighted by atomic mass is 16.6. The Kier molecular flexibility index (Phi) is 5.95. The van der Waals surface area contributed by atoms with Crippen LogP contribution in [0.15, 0.2) is 18.2 Å². The van der Waals surface area contributed by atoms with Crippen molar-refractivity contribution in [2.75, 3.05) is 46.4 Å². The van der Waals surface area contributed by atoms with Gasteiger partial charge >= 0.3 is 12.1 Å². The van der Waals surface area contributed by atoms with Crippen molar-refractivity contribution in [3.8, 4) is 0 Å². The lowest BCUT2D eigenvalue weighted by molar-refractivity contribution is -0.142. The molecule has 1 aromatic rings. The molecule has 2 amide bonds. The van der Waals surface area contributed by atoms with Crippen molar-refractivity contribution in [2.45, 2.75) is 20.0 Å². The Bertz CT molecular complexity index is 728. The zero-order valence-electron chi connectivity index (χ0n) is 15.8. The smallest absolute Gasteiger partial charge is 0.410 e. The fourth-order valence-corrected chi connectivity index (χ4v) is 3.45. The maximum atomic E-state index is 12.9. The van der Waals surface area contributed by atoms with Crippen LogP contribution in [0.25, 0.3) is 0 Å². The van der Waals surface area contributed by atoms with Gasteiger partial charge in [0.05, 0.1) is 0 Å². The van der Waals surface area contributed by atoms with E-state index in [9.17, 15) is 14.4 Å². The molecule has 0 aromatic heterocycles. The van der Waals surface area contributed by atoms with E-state index in [-0.39, 0.29) is 19.1 Å². The average Bonchev–Trinajstić information content (AvgIpc) is 3.04. The molecule has 1 saturated heterocycles. The van der Waals surface area contributed by atoms with Crippen molar-refractivity contribution in [3.05, 3.63) is 34.9 Å². The van der Waals surface area contributed by atoms with E-state index in [4.69, 9.17) is 9.47 Å². The predicted molar refractivity (Wildman–Crippen MR) is 97.1 cm³/mol. The lowest BCUT2D eigenvalue weighted by atomic mass is 10.0. The minimum absolute atomic E-state index is 0.0185. The molecule has 0 N–H and O–H groups in total. The van der Waals surface area contributed by atoms with Crippen LogP contribution in [0.1, 0.15) is 28.4 Å². The van der Waals surface area contributed by atoms with Gasteiger partial charge in [0.15, 0.2) is 0 Å². The van der Waals surface area contributed by atoms with E-state index in [1.54, 1.807) is 9.80 Å². The summed E-state index contributed by atoms with van der Waals surface area (Å²) in [5.74, 6) is -0.387. The van der Waals surface area contributed by atoms with Crippen molar-refractivity contribution in [3.63, 3.8) is 0 Å². The average molecular weight is 375 g/mol. The molecule has 0 bridgehead atoms. The topological polar surface area (TPSA) is 79.4 Å².